The van der Waals surface area contributed by atoms with Crippen LogP contribution in [0.1, 0.15) is 34.9 Å². The van der Waals surface area contributed by atoms with Gasteiger partial charge in [0.25, 0.3) is 15.9 Å². The molecule has 0 saturated heterocycles. The van der Waals surface area contributed by atoms with Crippen LogP contribution in [0.5, 0.6) is 0 Å². The number of benzene rings is 1. The van der Waals surface area contributed by atoms with Crippen LogP contribution in [0.15, 0.2) is 56.9 Å². The average Bonchev–Trinajstić information content (AvgIpc) is 3.14. The van der Waals surface area contributed by atoms with E-state index in [0.717, 1.165) is 47.5 Å². The molecule has 1 aromatic heterocycles. The van der Waals surface area contributed by atoms with E-state index in [0.29, 0.717) is 5.69 Å². The first-order valence-electron chi connectivity index (χ1n) is 8.39. The summed E-state index contributed by atoms with van der Waals surface area (Å²) < 4.78 is 28.6. The van der Waals surface area contributed by atoms with Gasteiger partial charge in [0.1, 0.15) is 10.3 Å². The maximum atomic E-state index is 12.8. The van der Waals surface area contributed by atoms with Gasteiger partial charge in [-0.05, 0) is 61.1 Å². The minimum Gasteiger partial charge on any atom is -0.279 e. The van der Waals surface area contributed by atoms with Crippen LogP contribution in [0, 0.1) is 0 Å². The predicted molar refractivity (Wildman–Crippen MR) is 100.0 cm³/mol. The highest BCUT2D eigenvalue weighted by atomic mass is 32.2. The minimum atomic E-state index is -3.67. The van der Waals surface area contributed by atoms with Crippen LogP contribution in [-0.2, 0) is 27.7 Å². The lowest BCUT2D eigenvalue weighted by Gasteiger charge is -2.19. The molecule has 6 nitrogen and oxygen atoms in total. The van der Waals surface area contributed by atoms with Crippen molar-refractivity contribution in [3.05, 3.63) is 58.5 Å². The van der Waals surface area contributed by atoms with E-state index in [1.807, 2.05) is 12.1 Å². The zero-order valence-electron chi connectivity index (χ0n) is 13.9. The maximum Gasteiger partial charge on any atom is 0.287 e. The van der Waals surface area contributed by atoms with E-state index in [1.165, 1.54) is 11.6 Å². The summed E-state index contributed by atoms with van der Waals surface area (Å²) in [5.41, 5.74) is 2.99. The highest BCUT2D eigenvalue weighted by Gasteiger charge is 2.23. The van der Waals surface area contributed by atoms with Gasteiger partial charge in [-0.1, -0.05) is 12.1 Å². The molecule has 2 aromatic rings. The van der Waals surface area contributed by atoms with Gasteiger partial charge in [-0.3, -0.25) is 9.52 Å². The quantitative estimate of drug-likeness (QED) is 0.859. The second-order valence-electron chi connectivity index (χ2n) is 6.27. The molecule has 1 atom stereocenters. The van der Waals surface area contributed by atoms with Crippen molar-refractivity contribution >= 4 is 33.0 Å². The van der Waals surface area contributed by atoms with Crippen molar-refractivity contribution in [1.29, 1.82) is 0 Å². The van der Waals surface area contributed by atoms with Crippen molar-refractivity contribution in [3.63, 3.8) is 0 Å². The van der Waals surface area contributed by atoms with Crippen LogP contribution in [0.3, 0.4) is 0 Å². The number of amides is 1. The number of carbonyl (C=O) groups excluding carboxylic acids is 1. The fourth-order valence-electron chi connectivity index (χ4n) is 3.23. The number of azo groups is 1. The summed E-state index contributed by atoms with van der Waals surface area (Å²) in [5.74, 6) is -0.402. The van der Waals surface area contributed by atoms with Crippen molar-refractivity contribution in [3.8, 4) is 0 Å². The Labute approximate surface area is 155 Å². The Bertz CT molecular complexity index is 1010. The van der Waals surface area contributed by atoms with Gasteiger partial charge in [0.2, 0.25) is 0 Å². The number of fused-ring (bicyclic) bond motifs is 1. The fraction of sp³-hybridized carbons (Fsp3) is 0.278. The van der Waals surface area contributed by atoms with E-state index in [2.05, 4.69) is 21.0 Å². The van der Waals surface area contributed by atoms with E-state index in [4.69, 9.17) is 0 Å². The highest BCUT2D eigenvalue weighted by molar-refractivity contribution is 7.94. The third kappa shape index (κ3) is 3.34. The van der Waals surface area contributed by atoms with Crippen molar-refractivity contribution in [2.75, 3.05) is 4.72 Å². The lowest BCUT2D eigenvalue weighted by atomic mass is 9.91. The Balaban J connectivity index is 1.59. The average molecular weight is 387 g/mol. The van der Waals surface area contributed by atoms with E-state index in [9.17, 15) is 13.2 Å². The number of carbonyl (C=O) groups is 1. The first kappa shape index (κ1) is 17.1. The largest absolute Gasteiger partial charge is 0.287 e. The molecular formula is C18H17N3O3S2. The summed E-state index contributed by atoms with van der Waals surface area (Å²) in [6.45, 7) is 0. The number of rotatable bonds is 4. The van der Waals surface area contributed by atoms with Gasteiger partial charge in [-0.2, -0.15) is 5.11 Å². The van der Waals surface area contributed by atoms with Gasteiger partial charge in [0, 0.05) is 11.0 Å². The van der Waals surface area contributed by atoms with E-state index < -0.39 is 22.0 Å². The highest BCUT2D eigenvalue weighted by Crippen LogP contribution is 2.34. The SMILES string of the molecule is O=C1C=CC(c2ccc(S(=O)(=O)Nc3cccc4c3CCCC4)s2)N=N1. The standard InChI is InChI=1S/C18H17N3O3S2/c22-17-10-8-15(19-20-17)16-9-11-18(25-16)26(23,24)21-14-7-3-5-12-4-1-2-6-13(12)14/h3,5,7-11,15,21H,1-2,4,6H2. The lowest BCUT2D eigenvalue weighted by molar-refractivity contribution is -0.114. The third-order valence-electron chi connectivity index (χ3n) is 4.50. The van der Waals surface area contributed by atoms with Gasteiger partial charge in [-0.25, -0.2) is 8.42 Å². The minimum absolute atomic E-state index is 0.224. The molecule has 0 radical (unpaired) electrons. The molecule has 1 unspecified atom stereocenters. The molecule has 1 aliphatic heterocycles. The maximum absolute atomic E-state index is 12.8. The number of nitrogens with one attached hydrogen (secondary N) is 1. The topological polar surface area (TPSA) is 88.0 Å². The number of hydrogen-bond donors (Lipinski definition) is 1. The molecule has 2 heterocycles. The molecule has 8 heteroatoms. The molecule has 1 amide bonds. The van der Waals surface area contributed by atoms with Crippen LogP contribution in [-0.4, -0.2) is 14.3 Å². The second-order valence-corrected chi connectivity index (χ2v) is 9.29. The first-order valence-corrected chi connectivity index (χ1v) is 10.7. The van der Waals surface area contributed by atoms with Crippen LogP contribution >= 0.6 is 11.3 Å². The predicted octanol–water partition coefficient (Wildman–Crippen LogP) is 4.02. The first-order chi connectivity index (χ1) is 12.5. The Morgan fingerprint density at radius 3 is 2.77 bits per heavy atom. The summed E-state index contributed by atoms with van der Waals surface area (Å²) in [7, 11) is -3.67. The molecule has 0 spiro atoms. The smallest absolute Gasteiger partial charge is 0.279 e. The Morgan fingerprint density at radius 2 is 1.96 bits per heavy atom. The lowest BCUT2D eigenvalue weighted by Crippen LogP contribution is -2.15. The molecule has 0 fully saturated rings. The van der Waals surface area contributed by atoms with Crippen LogP contribution in [0.25, 0.3) is 0 Å². The molecule has 134 valence electrons. The molecule has 1 N–H and O–H groups in total. The summed E-state index contributed by atoms with van der Waals surface area (Å²) >= 11 is 1.14. The number of sulfonamides is 1. The number of aryl methyl sites for hydroxylation is 1. The summed E-state index contributed by atoms with van der Waals surface area (Å²) in [4.78, 5) is 11.8. The van der Waals surface area contributed by atoms with Gasteiger partial charge in [0.15, 0.2) is 0 Å². The number of thiophene rings is 1. The van der Waals surface area contributed by atoms with Gasteiger partial charge in [0.05, 0.1) is 5.69 Å². The third-order valence-corrected chi connectivity index (χ3v) is 7.51. The van der Waals surface area contributed by atoms with Crippen LogP contribution in [0.2, 0.25) is 0 Å². The van der Waals surface area contributed by atoms with Crippen molar-refractivity contribution in [1.82, 2.24) is 0 Å². The fourth-order valence-corrected chi connectivity index (χ4v) is 5.66. The number of nitrogens with zero attached hydrogens (tertiary/aromatic N) is 2. The normalized spacial score (nSPS) is 19.4. The monoisotopic (exact) mass is 387 g/mol. The van der Waals surface area contributed by atoms with E-state index >= 15 is 0 Å². The summed E-state index contributed by atoms with van der Waals surface area (Å²) in [5, 5.41) is 7.42. The van der Waals surface area contributed by atoms with Crippen molar-refractivity contribution in [2.45, 2.75) is 35.9 Å². The molecule has 0 saturated carbocycles. The van der Waals surface area contributed by atoms with Crippen molar-refractivity contribution in [2.24, 2.45) is 10.2 Å². The zero-order valence-corrected chi connectivity index (χ0v) is 15.5. The van der Waals surface area contributed by atoms with E-state index in [-0.39, 0.29) is 4.21 Å². The Kier molecular flexibility index (Phi) is 4.46. The van der Waals surface area contributed by atoms with E-state index in [1.54, 1.807) is 18.2 Å². The van der Waals surface area contributed by atoms with Crippen molar-refractivity contribution < 1.29 is 13.2 Å². The molecule has 4 rings (SSSR count). The van der Waals surface area contributed by atoms with Crippen LogP contribution < -0.4 is 4.72 Å². The molecule has 1 aliphatic carbocycles. The van der Waals surface area contributed by atoms with Gasteiger partial charge < -0.3 is 0 Å². The van der Waals surface area contributed by atoms with Gasteiger partial charge in [-0.15, -0.1) is 16.5 Å². The molecular weight excluding hydrogens is 370 g/mol. The zero-order chi connectivity index (χ0) is 18.1. The number of anilines is 1. The summed E-state index contributed by atoms with van der Waals surface area (Å²) in [6, 6.07) is 8.65. The second kappa shape index (κ2) is 6.77. The molecule has 0 bridgehead atoms. The van der Waals surface area contributed by atoms with Crippen LogP contribution in [0.4, 0.5) is 5.69 Å². The Hall–Kier alpha value is -2.32. The molecule has 2 aliphatic rings. The number of hydrogen-bond acceptors (Lipinski definition) is 5. The summed E-state index contributed by atoms with van der Waals surface area (Å²) in [6.07, 6.45) is 7.07. The van der Waals surface area contributed by atoms with Gasteiger partial charge >= 0.3 is 0 Å². The Morgan fingerprint density at radius 1 is 1.12 bits per heavy atom. The molecule has 26 heavy (non-hydrogen) atoms. The molecule has 1 aromatic carbocycles.